The molecule has 0 aliphatic carbocycles. The number of allylic oxidation sites excluding steroid dienone is 4. The summed E-state index contributed by atoms with van der Waals surface area (Å²) in [7, 11) is 0. The van der Waals surface area contributed by atoms with E-state index < -0.39 is 0 Å². The van der Waals surface area contributed by atoms with E-state index in [1.54, 1.807) is 12.2 Å². The molecule has 0 atom stereocenters. The lowest BCUT2D eigenvalue weighted by atomic mass is 10.1. The molecule has 26 heavy (non-hydrogen) atoms. The van der Waals surface area contributed by atoms with Crippen LogP contribution in [0.5, 0.6) is 0 Å². The maximum atomic E-state index is 4.64. The topological polar surface area (TPSA) is 38.7 Å². The average Bonchev–Trinajstić information content (AvgIpc) is 2.74. The fourth-order valence-electron chi connectivity index (χ4n) is 2.30. The van der Waals surface area contributed by atoms with E-state index in [9.17, 15) is 0 Å². The van der Waals surface area contributed by atoms with Crippen molar-refractivity contribution in [3.05, 3.63) is 97.9 Å². The van der Waals surface area contributed by atoms with Crippen LogP contribution >= 0.6 is 0 Å². The first-order chi connectivity index (χ1) is 12.8. The van der Waals surface area contributed by atoms with E-state index in [1.807, 2.05) is 80.6 Å². The van der Waals surface area contributed by atoms with Gasteiger partial charge in [0.25, 0.3) is 0 Å². The summed E-state index contributed by atoms with van der Waals surface area (Å²) < 4.78 is 0. The predicted octanol–water partition coefficient (Wildman–Crippen LogP) is 5.99. The molecule has 0 radical (unpaired) electrons. The van der Waals surface area contributed by atoms with Crippen LogP contribution in [0.2, 0.25) is 0 Å². The molecule has 0 aliphatic rings. The van der Waals surface area contributed by atoms with Gasteiger partial charge in [0.2, 0.25) is 0 Å². The predicted molar refractivity (Wildman–Crippen MR) is 110 cm³/mol. The second-order valence-corrected chi connectivity index (χ2v) is 5.10. The first-order valence-electron chi connectivity index (χ1n) is 8.64. The molecular weight excluding hydrogens is 318 g/mol. The van der Waals surface area contributed by atoms with E-state index in [1.165, 1.54) is 0 Å². The van der Waals surface area contributed by atoms with Crippen LogP contribution in [0.4, 0.5) is 0 Å². The summed E-state index contributed by atoms with van der Waals surface area (Å²) in [6.07, 6.45) is 5.26. The van der Waals surface area contributed by atoms with Gasteiger partial charge in [0.05, 0.1) is 0 Å². The molecule has 0 N–H and O–H groups in total. The third-order valence-corrected chi connectivity index (χ3v) is 3.47. The zero-order valence-electron chi connectivity index (χ0n) is 15.3. The quantitative estimate of drug-likeness (QED) is 0.535. The average molecular weight is 341 g/mol. The second-order valence-electron chi connectivity index (χ2n) is 5.10. The van der Waals surface area contributed by atoms with E-state index in [4.69, 9.17) is 0 Å². The zero-order valence-corrected chi connectivity index (χ0v) is 15.3. The van der Waals surface area contributed by atoms with Gasteiger partial charge in [-0.15, -0.1) is 0 Å². The smallest absolute Gasteiger partial charge is 0.164 e. The number of hydrogen-bond acceptors (Lipinski definition) is 3. The van der Waals surface area contributed by atoms with Gasteiger partial charge in [-0.2, -0.15) is 0 Å². The molecule has 0 saturated carbocycles. The lowest BCUT2D eigenvalue weighted by Gasteiger charge is -2.08. The highest BCUT2D eigenvalue weighted by molar-refractivity contribution is 5.73. The first kappa shape index (κ1) is 19.0. The van der Waals surface area contributed by atoms with Gasteiger partial charge in [0, 0.05) is 16.7 Å². The summed E-state index contributed by atoms with van der Waals surface area (Å²) in [4.78, 5) is 13.9. The van der Waals surface area contributed by atoms with Crippen molar-refractivity contribution in [3.63, 3.8) is 0 Å². The molecule has 0 spiro atoms. The molecule has 0 unspecified atom stereocenters. The summed E-state index contributed by atoms with van der Waals surface area (Å²) in [6, 6.07) is 19.7. The summed E-state index contributed by atoms with van der Waals surface area (Å²) in [5, 5.41) is 0. The van der Waals surface area contributed by atoms with Crippen LogP contribution in [0, 0.1) is 0 Å². The molecule has 0 bridgehead atoms. The van der Waals surface area contributed by atoms with Crippen molar-refractivity contribution in [3.8, 4) is 22.8 Å². The molecule has 3 nitrogen and oxygen atoms in total. The minimum Gasteiger partial charge on any atom is -0.208 e. The lowest BCUT2D eigenvalue weighted by molar-refractivity contribution is 1.04. The summed E-state index contributed by atoms with van der Waals surface area (Å²) in [6.45, 7) is 11.6. The Morgan fingerprint density at radius 3 is 1.58 bits per heavy atom. The van der Waals surface area contributed by atoms with Gasteiger partial charge in [-0.1, -0.05) is 106 Å². The maximum Gasteiger partial charge on any atom is 0.164 e. The summed E-state index contributed by atoms with van der Waals surface area (Å²) >= 11 is 0. The molecule has 0 aliphatic heterocycles. The Kier molecular flexibility index (Phi) is 7.19. The third-order valence-electron chi connectivity index (χ3n) is 3.47. The molecule has 1 heterocycles. The lowest BCUT2D eigenvalue weighted by Crippen LogP contribution is -2.02. The van der Waals surface area contributed by atoms with Crippen LogP contribution in [0.3, 0.4) is 0 Å². The number of benzene rings is 2. The number of rotatable bonds is 5. The Bertz CT molecular complexity index is 824. The van der Waals surface area contributed by atoms with E-state index >= 15 is 0 Å². The largest absolute Gasteiger partial charge is 0.208 e. The van der Waals surface area contributed by atoms with Crippen LogP contribution in [0.1, 0.15) is 19.7 Å². The number of nitrogens with zero attached hydrogens (tertiary/aromatic N) is 3. The van der Waals surface area contributed by atoms with E-state index in [0.29, 0.717) is 17.5 Å². The molecule has 0 saturated heterocycles. The zero-order chi connectivity index (χ0) is 18.8. The molecule has 2 aromatic carbocycles. The minimum atomic E-state index is 0.581. The fourth-order valence-corrected chi connectivity index (χ4v) is 2.30. The van der Waals surface area contributed by atoms with Gasteiger partial charge in [-0.05, 0) is 0 Å². The van der Waals surface area contributed by atoms with Crippen molar-refractivity contribution in [1.82, 2.24) is 15.0 Å². The highest BCUT2D eigenvalue weighted by Gasteiger charge is 2.11. The Morgan fingerprint density at radius 2 is 1.19 bits per heavy atom. The Morgan fingerprint density at radius 1 is 0.731 bits per heavy atom. The van der Waals surface area contributed by atoms with Crippen molar-refractivity contribution in [2.75, 3.05) is 0 Å². The monoisotopic (exact) mass is 341 g/mol. The van der Waals surface area contributed by atoms with Gasteiger partial charge in [0.1, 0.15) is 0 Å². The Balaban J connectivity index is 0.00000117. The van der Waals surface area contributed by atoms with Crippen molar-refractivity contribution in [1.29, 1.82) is 0 Å². The second kappa shape index (κ2) is 9.84. The minimum absolute atomic E-state index is 0.581. The first-order valence-corrected chi connectivity index (χ1v) is 8.64. The number of aromatic nitrogens is 3. The van der Waals surface area contributed by atoms with Gasteiger partial charge >= 0.3 is 0 Å². The van der Waals surface area contributed by atoms with E-state index in [0.717, 1.165) is 16.7 Å². The highest BCUT2D eigenvalue weighted by Crippen LogP contribution is 2.22. The van der Waals surface area contributed by atoms with Crippen molar-refractivity contribution < 1.29 is 0 Å². The van der Waals surface area contributed by atoms with Crippen LogP contribution in [0.15, 0.2) is 92.0 Å². The van der Waals surface area contributed by atoms with Crippen LogP contribution in [-0.4, -0.2) is 15.0 Å². The van der Waals surface area contributed by atoms with E-state index in [2.05, 4.69) is 28.1 Å². The van der Waals surface area contributed by atoms with Crippen molar-refractivity contribution >= 4 is 5.57 Å². The Labute approximate surface area is 155 Å². The third kappa shape index (κ3) is 4.61. The SMILES string of the molecule is C=C/C=C(\C=C)c1nc(-c2ccccc2)nc(-c2ccccc2)n1.CC. The van der Waals surface area contributed by atoms with Gasteiger partial charge < -0.3 is 0 Å². The maximum absolute atomic E-state index is 4.64. The molecule has 3 rings (SSSR count). The highest BCUT2D eigenvalue weighted by atomic mass is 15.0. The summed E-state index contributed by atoms with van der Waals surface area (Å²) in [5.41, 5.74) is 2.70. The molecule has 130 valence electrons. The van der Waals surface area contributed by atoms with E-state index in [-0.39, 0.29) is 0 Å². The molecule has 1 aromatic heterocycles. The van der Waals surface area contributed by atoms with Crippen molar-refractivity contribution in [2.45, 2.75) is 13.8 Å². The van der Waals surface area contributed by atoms with Gasteiger partial charge in [-0.25, -0.2) is 15.0 Å². The molecule has 0 fully saturated rings. The van der Waals surface area contributed by atoms with Gasteiger partial charge in [-0.3, -0.25) is 0 Å². The normalized spacial score (nSPS) is 10.5. The fraction of sp³-hybridized carbons (Fsp3) is 0.0870. The van der Waals surface area contributed by atoms with Crippen LogP contribution in [-0.2, 0) is 0 Å². The van der Waals surface area contributed by atoms with Crippen LogP contribution < -0.4 is 0 Å². The van der Waals surface area contributed by atoms with Crippen LogP contribution in [0.25, 0.3) is 28.3 Å². The molecule has 0 amide bonds. The molecular formula is C23H23N3. The standard InChI is InChI=1S/C21H17N3.C2H6/c1-3-11-16(4-2)19-22-20(17-12-7-5-8-13-17)24-21(23-19)18-14-9-6-10-15-18;1-2/h3-15H,1-2H2;1-2H3/b16-11+;. The molecule has 3 aromatic rings. The summed E-state index contributed by atoms with van der Waals surface area (Å²) in [5.74, 6) is 1.85. The van der Waals surface area contributed by atoms with Gasteiger partial charge in [0.15, 0.2) is 17.5 Å². The Hall–Kier alpha value is -3.33. The molecule has 3 heteroatoms. The van der Waals surface area contributed by atoms with Crippen molar-refractivity contribution in [2.24, 2.45) is 0 Å². The number of hydrogen-bond donors (Lipinski definition) is 0.